The van der Waals surface area contributed by atoms with E-state index in [9.17, 15) is 9.59 Å². The highest BCUT2D eigenvalue weighted by atomic mass is 16.5. The molecule has 3 aromatic rings. The number of carbonyl (C=O) groups is 2. The topological polar surface area (TPSA) is 67.4 Å². The number of fused-ring (bicyclic) bond motifs is 1. The number of amides is 2. The van der Waals surface area contributed by atoms with Crippen LogP contribution in [0.15, 0.2) is 48.5 Å². The molecule has 2 amide bonds. The van der Waals surface area contributed by atoms with Crippen molar-refractivity contribution >= 4 is 22.6 Å². The van der Waals surface area contributed by atoms with Crippen LogP contribution in [0.3, 0.4) is 0 Å². The molecule has 0 radical (unpaired) electrons. The minimum absolute atomic E-state index is 0.101. The average Bonchev–Trinajstić information content (AvgIpc) is 2.96. The van der Waals surface area contributed by atoms with Crippen molar-refractivity contribution in [1.82, 2.24) is 10.6 Å². The standard InChI is InChI=1S/C26H28N2O3/c1-16-14-18(15-17(2)24(16)31-3)19-8-6-10-21-20(19)9-7-11-22(21)25(29)28-23-12-4-5-13-27-26(23)30/h6-11,14-15,23H,4-5,12-13H2,1-3H3,(H,27,30)(H,28,29). The molecule has 0 aromatic heterocycles. The third kappa shape index (κ3) is 4.13. The van der Waals surface area contributed by atoms with Crippen molar-refractivity contribution < 1.29 is 14.3 Å². The zero-order chi connectivity index (χ0) is 22.0. The largest absolute Gasteiger partial charge is 0.496 e. The van der Waals surface area contributed by atoms with E-state index in [0.29, 0.717) is 18.5 Å². The van der Waals surface area contributed by atoms with E-state index in [0.717, 1.165) is 51.6 Å². The number of hydrogen-bond donors (Lipinski definition) is 2. The molecule has 1 unspecified atom stereocenters. The van der Waals surface area contributed by atoms with E-state index < -0.39 is 6.04 Å². The van der Waals surface area contributed by atoms with E-state index in [1.54, 1.807) is 7.11 Å². The van der Waals surface area contributed by atoms with Crippen LogP contribution in [0.2, 0.25) is 0 Å². The molecule has 1 heterocycles. The van der Waals surface area contributed by atoms with Crippen LogP contribution in [0.25, 0.3) is 21.9 Å². The summed E-state index contributed by atoms with van der Waals surface area (Å²) >= 11 is 0. The van der Waals surface area contributed by atoms with Crippen molar-refractivity contribution in [2.24, 2.45) is 0 Å². The van der Waals surface area contributed by atoms with Gasteiger partial charge in [0.2, 0.25) is 5.91 Å². The zero-order valence-electron chi connectivity index (χ0n) is 18.2. The molecule has 31 heavy (non-hydrogen) atoms. The highest BCUT2D eigenvalue weighted by Gasteiger charge is 2.23. The maximum atomic E-state index is 13.1. The summed E-state index contributed by atoms with van der Waals surface area (Å²) in [6.07, 6.45) is 2.52. The van der Waals surface area contributed by atoms with Crippen LogP contribution in [0.1, 0.15) is 40.7 Å². The molecule has 0 saturated carbocycles. The van der Waals surface area contributed by atoms with Gasteiger partial charge >= 0.3 is 0 Å². The lowest BCUT2D eigenvalue weighted by Gasteiger charge is -2.17. The van der Waals surface area contributed by atoms with Gasteiger partial charge in [-0.25, -0.2) is 0 Å². The summed E-state index contributed by atoms with van der Waals surface area (Å²) in [5.41, 5.74) is 4.87. The molecule has 1 aliphatic rings. The molecular formula is C26H28N2O3. The number of nitrogens with one attached hydrogen (secondary N) is 2. The normalized spacial score (nSPS) is 16.5. The van der Waals surface area contributed by atoms with Gasteiger partial charge < -0.3 is 15.4 Å². The van der Waals surface area contributed by atoms with Crippen molar-refractivity contribution in [2.75, 3.05) is 13.7 Å². The van der Waals surface area contributed by atoms with E-state index in [-0.39, 0.29) is 11.8 Å². The predicted molar refractivity (Wildman–Crippen MR) is 124 cm³/mol. The van der Waals surface area contributed by atoms with Crippen molar-refractivity contribution in [1.29, 1.82) is 0 Å². The van der Waals surface area contributed by atoms with E-state index >= 15 is 0 Å². The van der Waals surface area contributed by atoms with Crippen LogP contribution in [-0.2, 0) is 4.79 Å². The summed E-state index contributed by atoms with van der Waals surface area (Å²) in [5.74, 6) is 0.577. The van der Waals surface area contributed by atoms with Crippen LogP contribution in [0, 0.1) is 13.8 Å². The van der Waals surface area contributed by atoms with Crippen LogP contribution in [-0.4, -0.2) is 31.5 Å². The van der Waals surface area contributed by atoms with Gasteiger partial charge in [-0.15, -0.1) is 0 Å². The second-order valence-electron chi connectivity index (χ2n) is 8.16. The van der Waals surface area contributed by atoms with Gasteiger partial charge in [-0.2, -0.15) is 0 Å². The Balaban J connectivity index is 1.73. The van der Waals surface area contributed by atoms with Crippen LogP contribution in [0.4, 0.5) is 0 Å². The number of rotatable bonds is 4. The predicted octanol–water partition coefficient (Wildman–Crippen LogP) is 4.53. The maximum Gasteiger partial charge on any atom is 0.252 e. The Labute approximate surface area is 182 Å². The smallest absolute Gasteiger partial charge is 0.252 e. The fourth-order valence-electron chi connectivity index (χ4n) is 4.50. The van der Waals surface area contributed by atoms with Crippen molar-refractivity contribution in [3.05, 3.63) is 65.2 Å². The third-order valence-corrected chi connectivity index (χ3v) is 5.98. The van der Waals surface area contributed by atoms with E-state index in [4.69, 9.17) is 4.74 Å². The quantitative estimate of drug-likeness (QED) is 0.657. The fraction of sp³-hybridized carbons (Fsp3) is 0.308. The summed E-state index contributed by atoms with van der Waals surface area (Å²) in [6, 6.07) is 15.5. The lowest BCUT2D eigenvalue weighted by atomic mass is 9.93. The molecule has 5 nitrogen and oxygen atoms in total. The van der Waals surface area contributed by atoms with Crippen molar-refractivity contribution in [3.8, 4) is 16.9 Å². The number of ether oxygens (including phenoxy) is 1. The van der Waals surface area contributed by atoms with Gasteiger partial charge in [0, 0.05) is 12.1 Å². The highest BCUT2D eigenvalue weighted by Crippen LogP contribution is 2.34. The Morgan fingerprint density at radius 2 is 1.74 bits per heavy atom. The summed E-state index contributed by atoms with van der Waals surface area (Å²) in [6.45, 7) is 4.75. The minimum atomic E-state index is -0.486. The van der Waals surface area contributed by atoms with Gasteiger partial charge in [0.25, 0.3) is 5.91 Å². The monoisotopic (exact) mass is 416 g/mol. The molecule has 1 fully saturated rings. The van der Waals surface area contributed by atoms with E-state index in [1.807, 2.05) is 44.2 Å². The average molecular weight is 417 g/mol. The molecule has 160 valence electrons. The third-order valence-electron chi connectivity index (χ3n) is 5.98. The molecule has 1 aliphatic heterocycles. The zero-order valence-corrected chi connectivity index (χ0v) is 18.2. The Bertz CT molecular complexity index is 1130. The summed E-state index contributed by atoms with van der Waals surface area (Å²) in [4.78, 5) is 25.4. The Morgan fingerprint density at radius 1 is 1.03 bits per heavy atom. The summed E-state index contributed by atoms with van der Waals surface area (Å²) < 4.78 is 5.51. The van der Waals surface area contributed by atoms with Gasteiger partial charge in [0.15, 0.2) is 0 Å². The Morgan fingerprint density at radius 3 is 2.48 bits per heavy atom. The molecule has 3 aromatic carbocycles. The van der Waals surface area contributed by atoms with Gasteiger partial charge in [-0.05, 0) is 84.3 Å². The number of hydrogen-bond acceptors (Lipinski definition) is 3. The molecule has 0 aliphatic carbocycles. The molecule has 1 atom stereocenters. The van der Waals surface area contributed by atoms with Gasteiger partial charge in [0.1, 0.15) is 11.8 Å². The van der Waals surface area contributed by atoms with Crippen molar-refractivity contribution in [3.63, 3.8) is 0 Å². The summed E-state index contributed by atoms with van der Waals surface area (Å²) in [7, 11) is 1.69. The minimum Gasteiger partial charge on any atom is -0.496 e. The van der Waals surface area contributed by atoms with Crippen LogP contribution in [0.5, 0.6) is 5.75 Å². The van der Waals surface area contributed by atoms with Crippen LogP contribution < -0.4 is 15.4 Å². The number of methoxy groups -OCH3 is 1. The summed E-state index contributed by atoms with van der Waals surface area (Å²) in [5, 5.41) is 7.69. The molecular weight excluding hydrogens is 388 g/mol. The SMILES string of the molecule is COc1c(C)cc(-c2cccc3c(C(=O)NC4CCCCNC4=O)cccc23)cc1C. The molecule has 0 bridgehead atoms. The second-order valence-corrected chi connectivity index (χ2v) is 8.16. The number of benzene rings is 3. The highest BCUT2D eigenvalue weighted by molar-refractivity contribution is 6.11. The second kappa shape index (κ2) is 8.80. The van der Waals surface area contributed by atoms with Gasteiger partial charge in [0.05, 0.1) is 7.11 Å². The first kappa shape index (κ1) is 20.9. The lowest BCUT2D eigenvalue weighted by Crippen LogP contribution is -2.45. The first-order valence-corrected chi connectivity index (χ1v) is 10.8. The van der Waals surface area contributed by atoms with Gasteiger partial charge in [-0.1, -0.05) is 30.3 Å². The van der Waals surface area contributed by atoms with E-state index in [2.05, 4.69) is 28.8 Å². The Kier molecular flexibility index (Phi) is 5.94. The van der Waals surface area contributed by atoms with Gasteiger partial charge in [-0.3, -0.25) is 9.59 Å². The molecule has 1 saturated heterocycles. The first-order chi connectivity index (χ1) is 15.0. The van der Waals surface area contributed by atoms with E-state index in [1.165, 1.54) is 0 Å². The molecule has 5 heteroatoms. The molecule has 0 spiro atoms. The fourth-order valence-corrected chi connectivity index (χ4v) is 4.50. The number of aryl methyl sites for hydroxylation is 2. The van der Waals surface area contributed by atoms with Crippen LogP contribution >= 0.6 is 0 Å². The maximum absolute atomic E-state index is 13.1. The molecule has 4 rings (SSSR count). The number of carbonyl (C=O) groups excluding carboxylic acids is 2. The molecule has 2 N–H and O–H groups in total. The lowest BCUT2D eigenvalue weighted by molar-refractivity contribution is -0.122. The first-order valence-electron chi connectivity index (χ1n) is 10.8. The van der Waals surface area contributed by atoms with Crippen molar-refractivity contribution in [2.45, 2.75) is 39.2 Å². The Hall–Kier alpha value is -3.34.